The Morgan fingerprint density at radius 3 is 1.26 bits per heavy atom. The monoisotopic (exact) mass is 326 g/mol. The summed E-state index contributed by atoms with van der Waals surface area (Å²) in [5, 5.41) is 0. The van der Waals surface area contributed by atoms with Crippen LogP contribution in [0.1, 0.15) is 90.9 Å². The summed E-state index contributed by atoms with van der Waals surface area (Å²) in [6.07, 6.45) is 14.7. The Hall–Kier alpha value is -0.120. The first kappa shape index (κ1) is 19.2. The lowest BCUT2D eigenvalue weighted by molar-refractivity contribution is -0.260. The van der Waals surface area contributed by atoms with Gasteiger partial charge in [-0.2, -0.15) is 0 Å². The molecular formula is C20H38O3. The molecule has 136 valence electrons. The zero-order chi connectivity index (χ0) is 16.8. The standard InChI is InChI=1S/C20H38O3/c1-5-17(21-3)19(13-9-7-10-14-19)23-20(18(6-2)22-4)15-11-8-12-16-20/h17-18H,5-16H2,1-4H3. The highest BCUT2D eigenvalue weighted by Gasteiger charge is 2.50. The van der Waals surface area contributed by atoms with E-state index in [1.165, 1.54) is 38.5 Å². The van der Waals surface area contributed by atoms with Gasteiger partial charge in [-0.05, 0) is 38.5 Å². The molecule has 3 nitrogen and oxygen atoms in total. The Bertz CT molecular complexity index is 290. The van der Waals surface area contributed by atoms with E-state index in [0.717, 1.165) is 38.5 Å². The minimum atomic E-state index is -0.106. The molecule has 3 heteroatoms. The number of hydrogen-bond acceptors (Lipinski definition) is 3. The van der Waals surface area contributed by atoms with Gasteiger partial charge in [0.2, 0.25) is 0 Å². The molecule has 2 unspecified atom stereocenters. The first-order valence-electron chi connectivity index (χ1n) is 9.92. The predicted octanol–water partition coefficient (Wildman–Crippen LogP) is 5.26. The van der Waals surface area contributed by atoms with Crippen molar-refractivity contribution in [1.29, 1.82) is 0 Å². The van der Waals surface area contributed by atoms with Crippen LogP contribution in [0, 0.1) is 0 Å². The Balaban J connectivity index is 2.29. The quantitative estimate of drug-likeness (QED) is 0.609. The van der Waals surface area contributed by atoms with Gasteiger partial charge in [-0.1, -0.05) is 52.4 Å². The molecule has 0 radical (unpaired) electrons. The van der Waals surface area contributed by atoms with Crippen LogP contribution in [-0.2, 0) is 14.2 Å². The van der Waals surface area contributed by atoms with Gasteiger partial charge in [-0.15, -0.1) is 0 Å². The van der Waals surface area contributed by atoms with Crippen LogP contribution in [0.4, 0.5) is 0 Å². The first-order chi connectivity index (χ1) is 11.2. The molecule has 23 heavy (non-hydrogen) atoms. The maximum atomic E-state index is 7.15. The number of rotatable bonds is 8. The molecule has 0 aliphatic heterocycles. The Morgan fingerprint density at radius 2 is 1.00 bits per heavy atom. The normalized spacial score (nSPS) is 26.6. The lowest BCUT2D eigenvalue weighted by Crippen LogP contribution is -2.58. The molecule has 0 amide bonds. The van der Waals surface area contributed by atoms with Crippen molar-refractivity contribution in [2.45, 2.75) is 114 Å². The molecule has 0 aromatic carbocycles. The van der Waals surface area contributed by atoms with Gasteiger partial charge in [0, 0.05) is 14.2 Å². The van der Waals surface area contributed by atoms with E-state index in [1.54, 1.807) is 0 Å². The van der Waals surface area contributed by atoms with E-state index in [1.807, 2.05) is 14.2 Å². The SMILES string of the molecule is CCC(OC)C1(OC2(C(CC)OC)CCCCC2)CCCCC1. The summed E-state index contributed by atoms with van der Waals surface area (Å²) in [4.78, 5) is 0. The molecule has 0 saturated heterocycles. The molecule has 2 aliphatic rings. The van der Waals surface area contributed by atoms with Crippen molar-refractivity contribution in [2.75, 3.05) is 14.2 Å². The lowest BCUT2D eigenvalue weighted by atomic mass is 9.75. The van der Waals surface area contributed by atoms with E-state index in [-0.39, 0.29) is 23.4 Å². The number of ether oxygens (including phenoxy) is 3. The molecule has 2 rings (SSSR count). The highest BCUT2D eigenvalue weighted by molar-refractivity contribution is 5.00. The maximum absolute atomic E-state index is 7.15. The van der Waals surface area contributed by atoms with Crippen LogP contribution >= 0.6 is 0 Å². The van der Waals surface area contributed by atoms with Crippen LogP contribution in [0.3, 0.4) is 0 Å². The van der Waals surface area contributed by atoms with Gasteiger partial charge in [0.15, 0.2) is 0 Å². The van der Waals surface area contributed by atoms with Crippen molar-refractivity contribution in [3.8, 4) is 0 Å². The molecule has 0 N–H and O–H groups in total. The van der Waals surface area contributed by atoms with Crippen molar-refractivity contribution < 1.29 is 14.2 Å². The van der Waals surface area contributed by atoms with E-state index >= 15 is 0 Å². The highest BCUT2D eigenvalue weighted by Crippen LogP contribution is 2.46. The van der Waals surface area contributed by atoms with E-state index in [2.05, 4.69) is 13.8 Å². The zero-order valence-electron chi connectivity index (χ0n) is 15.9. The summed E-state index contributed by atoms with van der Waals surface area (Å²) in [6, 6.07) is 0. The van der Waals surface area contributed by atoms with E-state index in [4.69, 9.17) is 14.2 Å². The largest absolute Gasteiger partial charge is 0.378 e. The summed E-state index contributed by atoms with van der Waals surface area (Å²) in [6.45, 7) is 4.46. The minimum absolute atomic E-state index is 0.106. The third kappa shape index (κ3) is 4.11. The topological polar surface area (TPSA) is 27.7 Å². The number of hydrogen-bond donors (Lipinski definition) is 0. The molecule has 0 spiro atoms. The zero-order valence-corrected chi connectivity index (χ0v) is 15.9. The third-order valence-electron chi connectivity index (χ3n) is 6.29. The van der Waals surface area contributed by atoms with Crippen molar-refractivity contribution in [1.82, 2.24) is 0 Å². The molecule has 0 bridgehead atoms. The smallest absolute Gasteiger partial charge is 0.0951 e. The molecule has 2 saturated carbocycles. The van der Waals surface area contributed by atoms with Gasteiger partial charge in [0.1, 0.15) is 0 Å². The van der Waals surface area contributed by atoms with Crippen molar-refractivity contribution >= 4 is 0 Å². The Labute approximate surface area is 143 Å². The fourth-order valence-electron chi connectivity index (χ4n) is 5.19. The molecular weight excluding hydrogens is 288 g/mol. The Morgan fingerprint density at radius 1 is 0.652 bits per heavy atom. The van der Waals surface area contributed by atoms with Gasteiger partial charge in [0.05, 0.1) is 23.4 Å². The lowest BCUT2D eigenvalue weighted by Gasteiger charge is -2.52. The van der Waals surface area contributed by atoms with E-state index in [9.17, 15) is 0 Å². The average molecular weight is 327 g/mol. The maximum Gasteiger partial charge on any atom is 0.0951 e. The van der Waals surface area contributed by atoms with Crippen LogP contribution < -0.4 is 0 Å². The van der Waals surface area contributed by atoms with Gasteiger partial charge in [-0.3, -0.25) is 0 Å². The molecule has 2 aliphatic carbocycles. The summed E-state index contributed by atoms with van der Waals surface area (Å²) < 4.78 is 19.0. The van der Waals surface area contributed by atoms with Crippen LogP contribution in [0.5, 0.6) is 0 Å². The van der Waals surface area contributed by atoms with E-state index < -0.39 is 0 Å². The second-order valence-electron chi connectivity index (χ2n) is 7.62. The van der Waals surface area contributed by atoms with Gasteiger partial charge < -0.3 is 14.2 Å². The summed E-state index contributed by atoms with van der Waals surface area (Å²) in [7, 11) is 3.71. The van der Waals surface area contributed by atoms with Gasteiger partial charge >= 0.3 is 0 Å². The van der Waals surface area contributed by atoms with Crippen molar-refractivity contribution in [2.24, 2.45) is 0 Å². The minimum Gasteiger partial charge on any atom is -0.378 e. The van der Waals surface area contributed by atoms with Crippen LogP contribution in [0.2, 0.25) is 0 Å². The van der Waals surface area contributed by atoms with Crippen LogP contribution in [-0.4, -0.2) is 37.6 Å². The third-order valence-corrected chi connectivity index (χ3v) is 6.29. The van der Waals surface area contributed by atoms with Crippen molar-refractivity contribution in [3.05, 3.63) is 0 Å². The summed E-state index contributed by atoms with van der Waals surface area (Å²) in [5.41, 5.74) is -0.212. The molecule has 2 atom stereocenters. The average Bonchev–Trinajstić information content (AvgIpc) is 2.58. The second-order valence-corrected chi connectivity index (χ2v) is 7.62. The predicted molar refractivity (Wildman–Crippen MR) is 94.9 cm³/mol. The molecule has 2 fully saturated rings. The van der Waals surface area contributed by atoms with Crippen LogP contribution in [0.15, 0.2) is 0 Å². The second kappa shape index (κ2) is 8.82. The molecule has 0 aromatic rings. The summed E-state index contributed by atoms with van der Waals surface area (Å²) >= 11 is 0. The fraction of sp³-hybridized carbons (Fsp3) is 1.00. The van der Waals surface area contributed by atoms with Crippen LogP contribution in [0.25, 0.3) is 0 Å². The van der Waals surface area contributed by atoms with Crippen molar-refractivity contribution in [3.63, 3.8) is 0 Å². The van der Waals surface area contributed by atoms with Gasteiger partial charge in [-0.25, -0.2) is 0 Å². The first-order valence-corrected chi connectivity index (χ1v) is 9.92. The van der Waals surface area contributed by atoms with E-state index in [0.29, 0.717) is 0 Å². The summed E-state index contributed by atoms with van der Waals surface area (Å²) in [5.74, 6) is 0. The Kier molecular flexibility index (Phi) is 7.37. The fourth-order valence-corrected chi connectivity index (χ4v) is 5.19. The highest BCUT2D eigenvalue weighted by atomic mass is 16.6. The molecule has 0 aromatic heterocycles. The number of methoxy groups -OCH3 is 2. The van der Waals surface area contributed by atoms with Gasteiger partial charge in [0.25, 0.3) is 0 Å². The molecule has 0 heterocycles.